The number of pyridine rings is 1. The third-order valence-electron chi connectivity index (χ3n) is 3.60. The zero-order valence-corrected chi connectivity index (χ0v) is 12.4. The van der Waals surface area contributed by atoms with Gasteiger partial charge in [0.15, 0.2) is 0 Å². The van der Waals surface area contributed by atoms with Crippen LogP contribution >= 0.6 is 11.3 Å². The molecule has 5 heteroatoms. The maximum Gasteiger partial charge on any atom is 0.137 e. The van der Waals surface area contributed by atoms with Gasteiger partial charge in [0.05, 0.1) is 18.8 Å². The molecule has 2 aromatic heterocycles. The molecule has 1 aliphatic rings. The van der Waals surface area contributed by atoms with Crippen molar-refractivity contribution in [3.8, 4) is 5.75 Å². The maximum atomic E-state index is 5.77. The number of nitrogens with one attached hydrogen (secondary N) is 1. The van der Waals surface area contributed by atoms with Gasteiger partial charge >= 0.3 is 0 Å². The first kappa shape index (κ1) is 13.5. The van der Waals surface area contributed by atoms with Crippen LogP contribution in [0.1, 0.15) is 40.3 Å². The average molecular weight is 289 g/mol. The Labute approximate surface area is 123 Å². The van der Waals surface area contributed by atoms with Crippen molar-refractivity contribution in [1.82, 2.24) is 10.4 Å². The van der Waals surface area contributed by atoms with Crippen molar-refractivity contribution >= 4 is 11.3 Å². The fourth-order valence-corrected chi connectivity index (χ4v) is 4.02. The molecule has 0 bridgehead atoms. The molecular formula is C15H19N3OS. The molecule has 1 aliphatic carbocycles. The molecule has 1 unspecified atom stereocenters. The molecule has 0 aliphatic heterocycles. The second-order valence-electron chi connectivity index (χ2n) is 4.94. The second kappa shape index (κ2) is 5.91. The van der Waals surface area contributed by atoms with Gasteiger partial charge < -0.3 is 4.74 Å². The molecule has 1 atom stereocenters. The lowest BCUT2D eigenvalue weighted by molar-refractivity contribution is 0.338. The molecule has 2 aromatic rings. The largest absolute Gasteiger partial charge is 0.492 e. The first-order valence-electron chi connectivity index (χ1n) is 6.97. The van der Waals surface area contributed by atoms with Gasteiger partial charge in [-0.2, -0.15) is 0 Å². The highest BCUT2D eigenvalue weighted by Crippen LogP contribution is 2.36. The lowest BCUT2D eigenvalue weighted by atomic mass is 10.1. The third-order valence-corrected chi connectivity index (χ3v) is 4.90. The van der Waals surface area contributed by atoms with Crippen molar-refractivity contribution in [3.05, 3.63) is 45.4 Å². The van der Waals surface area contributed by atoms with Crippen molar-refractivity contribution < 1.29 is 4.74 Å². The van der Waals surface area contributed by atoms with Crippen LogP contribution in [0, 0.1) is 0 Å². The number of nitrogens with two attached hydrogens (primary N) is 1. The Bertz CT molecular complexity index is 575. The third kappa shape index (κ3) is 2.57. The Balaban J connectivity index is 1.90. The molecule has 0 saturated heterocycles. The van der Waals surface area contributed by atoms with Gasteiger partial charge in [0, 0.05) is 16.0 Å². The molecular weight excluding hydrogens is 270 g/mol. The van der Waals surface area contributed by atoms with E-state index in [1.807, 2.05) is 30.5 Å². The van der Waals surface area contributed by atoms with Crippen LogP contribution in [0.25, 0.3) is 0 Å². The molecule has 0 spiro atoms. The summed E-state index contributed by atoms with van der Waals surface area (Å²) >= 11 is 1.86. The van der Waals surface area contributed by atoms with Gasteiger partial charge in [0.2, 0.25) is 0 Å². The summed E-state index contributed by atoms with van der Waals surface area (Å²) in [6.07, 6.45) is 7.26. The molecule has 0 amide bonds. The van der Waals surface area contributed by atoms with Crippen LogP contribution in [0.5, 0.6) is 5.75 Å². The van der Waals surface area contributed by atoms with Gasteiger partial charge in [-0.15, -0.1) is 11.3 Å². The minimum Gasteiger partial charge on any atom is -0.492 e. The van der Waals surface area contributed by atoms with Gasteiger partial charge in [0.1, 0.15) is 5.75 Å². The van der Waals surface area contributed by atoms with Crippen LogP contribution < -0.4 is 16.0 Å². The smallest absolute Gasteiger partial charge is 0.137 e. The average Bonchev–Trinajstić information content (AvgIpc) is 3.02. The fourth-order valence-electron chi connectivity index (χ4n) is 2.68. The van der Waals surface area contributed by atoms with E-state index in [4.69, 9.17) is 10.6 Å². The minimum absolute atomic E-state index is 0.0153. The number of aryl methyl sites for hydroxylation is 2. The second-order valence-corrected chi connectivity index (χ2v) is 6.11. The molecule has 0 saturated carbocycles. The lowest BCUT2D eigenvalue weighted by Gasteiger charge is -2.15. The molecule has 0 fully saturated rings. The molecule has 3 N–H and O–H groups in total. The number of fused-ring (bicyclic) bond motifs is 1. The summed E-state index contributed by atoms with van der Waals surface area (Å²) in [6.45, 7) is 2.61. The van der Waals surface area contributed by atoms with E-state index in [-0.39, 0.29) is 6.04 Å². The van der Waals surface area contributed by atoms with Crippen LogP contribution in [0.2, 0.25) is 0 Å². The van der Waals surface area contributed by atoms with Crippen molar-refractivity contribution in [2.45, 2.75) is 32.2 Å². The number of hydrogen-bond donors (Lipinski definition) is 2. The highest BCUT2D eigenvalue weighted by Gasteiger charge is 2.21. The normalized spacial score (nSPS) is 15.1. The monoisotopic (exact) mass is 289 g/mol. The van der Waals surface area contributed by atoms with E-state index in [0.29, 0.717) is 6.61 Å². The number of aromatic nitrogens is 1. The summed E-state index contributed by atoms with van der Waals surface area (Å²) in [7, 11) is 0. The van der Waals surface area contributed by atoms with Crippen molar-refractivity contribution in [2.24, 2.45) is 5.84 Å². The van der Waals surface area contributed by atoms with Crippen LogP contribution in [0.15, 0.2) is 24.5 Å². The molecule has 0 radical (unpaired) electrons. The number of rotatable bonds is 5. The number of ether oxygens (including phenoxy) is 1. The fraction of sp³-hybridized carbons (Fsp3) is 0.400. The number of nitrogens with zero attached hydrogens (tertiary/aromatic N) is 1. The Kier molecular flexibility index (Phi) is 4.00. The number of thiophene rings is 1. The standard InChI is InChI=1S/C15H19N3OS/c1-2-19-12-6-11(8-17-9-12)15(18-16)14-7-10-4-3-5-13(10)20-14/h6-9,15,18H,2-5,16H2,1H3. The highest BCUT2D eigenvalue weighted by molar-refractivity contribution is 7.12. The van der Waals surface area contributed by atoms with E-state index in [1.54, 1.807) is 6.20 Å². The van der Waals surface area contributed by atoms with E-state index >= 15 is 0 Å². The van der Waals surface area contributed by atoms with Crippen LogP contribution in [-0.4, -0.2) is 11.6 Å². The predicted octanol–water partition coefficient (Wildman–Crippen LogP) is 2.58. The Morgan fingerprint density at radius 2 is 2.30 bits per heavy atom. The zero-order chi connectivity index (χ0) is 13.9. The maximum absolute atomic E-state index is 5.77. The van der Waals surface area contributed by atoms with E-state index in [2.05, 4.69) is 16.5 Å². The summed E-state index contributed by atoms with van der Waals surface area (Å²) in [5.74, 6) is 6.55. The van der Waals surface area contributed by atoms with Gasteiger partial charge in [-0.1, -0.05) is 0 Å². The quantitative estimate of drug-likeness (QED) is 0.656. The Morgan fingerprint density at radius 1 is 1.40 bits per heavy atom. The first-order valence-corrected chi connectivity index (χ1v) is 7.78. The van der Waals surface area contributed by atoms with E-state index in [9.17, 15) is 0 Å². The van der Waals surface area contributed by atoms with Gasteiger partial charge in [0.25, 0.3) is 0 Å². The number of hydrogen-bond acceptors (Lipinski definition) is 5. The van der Waals surface area contributed by atoms with E-state index in [1.165, 1.54) is 34.6 Å². The molecule has 0 aromatic carbocycles. The van der Waals surface area contributed by atoms with E-state index < -0.39 is 0 Å². The number of hydrazine groups is 1. The summed E-state index contributed by atoms with van der Waals surface area (Å²) in [4.78, 5) is 7.01. The summed E-state index contributed by atoms with van der Waals surface area (Å²) in [6, 6.07) is 4.27. The summed E-state index contributed by atoms with van der Waals surface area (Å²) < 4.78 is 5.51. The van der Waals surface area contributed by atoms with Crippen molar-refractivity contribution in [2.75, 3.05) is 6.61 Å². The van der Waals surface area contributed by atoms with Crippen LogP contribution in [0.4, 0.5) is 0 Å². The molecule has 3 rings (SSSR count). The van der Waals surface area contributed by atoms with Gasteiger partial charge in [-0.3, -0.25) is 10.8 Å². The Morgan fingerprint density at radius 3 is 3.05 bits per heavy atom. The minimum atomic E-state index is -0.0153. The topological polar surface area (TPSA) is 60.2 Å². The highest BCUT2D eigenvalue weighted by atomic mass is 32.1. The van der Waals surface area contributed by atoms with Crippen LogP contribution in [0.3, 0.4) is 0 Å². The van der Waals surface area contributed by atoms with Crippen LogP contribution in [-0.2, 0) is 12.8 Å². The molecule has 4 nitrogen and oxygen atoms in total. The summed E-state index contributed by atoms with van der Waals surface area (Å²) in [5.41, 5.74) is 5.43. The van der Waals surface area contributed by atoms with Crippen molar-refractivity contribution in [3.63, 3.8) is 0 Å². The summed E-state index contributed by atoms with van der Waals surface area (Å²) in [5, 5.41) is 0. The van der Waals surface area contributed by atoms with E-state index in [0.717, 1.165) is 11.3 Å². The molecule has 20 heavy (non-hydrogen) atoms. The van der Waals surface area contributed by atoms with Crippen molar-refractivity contribution in [1.29, 1.82) is 0 Å². The molecule has 2 heterocycles. The van der Waals surface area contributed by atoms with Gasteiger partial charge in [-0.25, -0.2) is 5.43 Å². The van der Waals surface area contributed by atoms with Gasteiger partial charge in [-0.05, 0) is 49.4 Å². The predicted molar refractivity (Wildman–Crippen MR) is 80.9 cm³/mol. The SMILES string of the molecule is CCOc1cncc(C(NN)c2cc3c(s2)CCC3)c1. The Hall–Kier alpha value is -1.43. The lowest BCUT2D eigenvalue weighted by Crippen LogP contribution is -2.28. The molecule has 106 valence electrons. The first-order chi connectivity index (χ1) is 9.81. The zero-order valence-electron chi connectivity index (χ0n) is 11.6.